The van der Waals surface area contributed by atoms with Crippen LogP contribution in [0.2, 0.25) is 0 Å². The molecule has 100 valence electrons. The van der Waals surface area contributed by atoms with Gasteiger partial charge in [-0.2, -0.15) is 11.3 Å². The average Bonchev–Trinajstić information content (AvgIpc) is 2.84. The van der Waals surface area contributed by atoms with E-state index >= 15 is 0 Å². The summed E-state index contributed by atoms with van der Waals surface area (Å²) in [4.78, 5) is 0. The molecule has 0 amide bonds. The molecule has 1 aliphatic rings. The van der Waals surface area contributed by atoms with Crippen LogP contribution in [0.3, 0.4) is 0 Å². The molecule has 1 atom stereocenters. The van der Waals surface area contributed by atoms with Crippen molar-refractivity contribution in [3.63, 3.8) is 0 Å². The van der Waals surface area contributed by atoms with Gasteiger partial charge in [-0.25, -0.2) is 0 Å². The lowest BCUT2D eigenvalue weighted by Crippen LogP contribution is -1.97. The maximum Gasteiger partial charge on any atom is 0.162 e. The van der Waals surface area contributed by atoms with Crippen molar-refractivity contribution in [3.05, 3.63) is 44.6 Å². The van der Waals surface area contributed by atoms with Gasteiger partial charge in [0.05, 0.1) is 18.6 Å². The third-order valence-electron chi connectivity index (χ3n) is 2.98. The van der Waals surface area contributed by atoms with Gasteiger partial charge in [-0.3, -0.25) is 0 Å². The van der Waals surface area contributed by atoms with Crippen LogP contribution < -0.4 is 9.47 Å². The first kappa shape index (κ1) is 13.3. The van der Waals surface area contributed by atoms with Gasteiger partial charge in [0.15, 0.2) is 11.5 Å². The van der Waals surface area contributed by atoms with Gasteiger partial charge in [-0.15, -0.1) is 11.6 Å². The van der Waals surface area contributed by atoms with Gasteiger partial charge < -0.3 is 9.47 Å². The topological polar surface area (TPSA) is 18.5 Å². The third-order valence-corrected chi connectivity index (χ3v) is 4.85. The molecule has 1 aliphatic heterocycles. The molecule has 0 saturated carbocycles. The molecule has 0 bridgehead atoms. The minimum Gasteiger partial charge on any atom is -0.490 e. The minimum absolute atomic E-state index is 0.183. The number of rotatable bonds is 2. The van der Waals surface area contributed by atoms with E-state index in [0.717, 1.165) is 33.5 Å². The van der Waals surface area contributed by atoms with Crippen molar-refractivity contribution in [3.8, 4) is 11.5 Å². The van der Waals surface area contributed by atoms with Crippen LogP contribution in [0.1, 0.15) is 22.9 Å². The molecule has 0 radical (unpaired) electrons. The Hall–Kier alpha value is -0.710. The van der Waals surface area contributed by atoms with E-state index < -0.39 is 0 Å². The van der Waals surface area contributed by atoms with Crippen LogP contribution in [0.4, 0.5) is 0 Å². The molecule has 1 aromatic heterocycles. The summed E-state index contributed by atoms with van der Waals surface area (Å²) in [5, 5.41) is 3.91. The zero-order valence-corrected chi connectivity index (χ0v) is 13.2. The fraction of sp³-hybridized carbons (Fsp3) is 0.286. The normalized spacial score (nSPS) is 15.9. The van der Waals surface area contributed by atoms with Crippen molar-refractivity contribution in [2.24, 2.45) is 0 Å². The summed E-state index contributed by atoms with van der Waals surface area (Å²) in [6.45, 7) is 1.37. The van der Waals surface area contributed by atoms with Crippen LogP contribution in [0, 0.1) is 0 Å². The van der Waals surface area contributed by atoms with Crippen molar-refractivity contribution in [2.75, 3.05) is 13.2 Å². The molecular formula is C14H12BrClO2S. The predicted molar refractivity (Wildman–Crippen MR) is 81.8 cm³/mol. The molecule has 0 fully saturated rings. The van der Waals surface area contributed by atoms with E-state index in [-0.39, 0.29) is 5.38 Å². The highest BCUT2D eigenvalue weighted by molar-refractivity contribution is 9.10. The van der Waals surface area contributed by atoms with Crippen LogP contribution >= 0.6 is 38.9 Å². The molecule has 0 N–H and O–H groups in total. The van der Waals surface area contributed by atoms with E-state index in [1.165, 1.54) is 0 Å². The highest BCUT2D eigenvalue weighted by Crippen LogP contribution is 2.41. The molecular weight excluding hydrogens is 348 g/mol. The highest BCUT2D eigenvalue weighted by atomic mass is 79.9. The molecule has 19 heavy (non-hydrogen) atoms. The Morgan fingerprint density at radius 1 is 1.21 bits per heavy atom. The summed E-state index contributed by atoms with van der Waals surface area (Å²) in [6, 6.07) is 5.95. The summed E-state index contributed by atoms with van der Waals surface area (Å²) in [6.07, 6.45) is 0.899. The second-order valence-electron chi connectivity index (χ2n) is 4.29. The standard InChI is InChI=1S/C14H12BrClO2S/c15-11-7-13-12(17-3-1-4-18-13)6-10(11)14(16)9-2-5-19-8-9/h2,5-8,14H,1,3-4H2. The van der Waals surface area contributed by atoms with Gasteiger partial charge >= 0.3 is 0 Å². The first-order valence-corrected chi connectivity index (χ1v) is 8.18. The minimum atomic E-state index is -0.183. The number of hydrogen-bond donors (Lipinski definition) is 0. The first-order chi connectivity index (χ1) is 9.25. The van der Waals surface area contributed by atoms with Crippen LogP contribution in [-0.4, -0.2) is 13.2 Å². The number of fused-ring (bicyclic) bond motifs is 1. The number of hydrogen-bond acceptors (Lipinski definition) is 3. The van der Waals surface area contributed by atoms with E-state index in [9.17, 15) is 0 Å². The molecule has 1 unspecified atom stereocenters. The summed E-state index contributed by atoms with van der Waals surface area (Å²) < 4.78 is 12.3. The fourth-order valence-electron chi connectivity index (χ4n) is 1.99. The maximum absolute atomic E-state index is 6.54. The Bertz CT molecular complexity index is 571. The predicted octanol–water partition coefficient (Wildman–Crippen LogP) is 5.00. The lowest BCUT2D eigenvalue weighted by Gasteiger charge is -2.15. The van der Waals surface area contributed by atoms with Gasteiger partial charge in [-0.05, 0) is 40.1 Å². The Morgan fingerprint density at radius 2 is 1.95 bits per heavy atom. The van der Waals surface area contributed by atoms with E-state index in [1.54, 1.807) is 11.3 Å². The molecule has 0 saturated heterocycles. The number of halogens is 2. The number of ether oxygens (including phenoxy) is 2. The lowest BCUT2D eigenvalue weighted by molar-refractivity contribution is 0.297. The zero-order valence-electron chi connectivity index (χ0n) is 10.1. The molecule has 2 aromatic rings. The van der Waals surface area contributed by atoms with Crippen LogP contribution in [-0.2, 0) is 0 Å². The van der Waals surface area contributed by atoms with Gasteiger partial charge in [0.1, 0.15) is 0 Å². The van der Waals surface area contributed by atoms with Crippen molar-refractivity contribution in [1.82, 2.24) is 0 Å². The van der Waals surface area contributed by atoms with Crippen LogP contribution in [0.5, 0.6) is 11.5 Å². The molecule has 2 nitrogen and oxygen atoms in total. The smallest absolute Gasteiger partial charge is 0.162 e. The van der Waals surface area contributed by atoms with Gasteiger partial charge in [0.25, 0.3) is 0 Å². The average molecular weight is 360 g/mol. The van der Waals surface area contributed by atoms with E-state index in [0.29, 0.717) is 13.2 Å². The number of thiophene rings is 1. The fourth-order valence-corrected chi connectivity index (χ4v) is 3.75. The van der Waals surface area contributed by atoms with Crippen molar-refractivity contribution in [2.45, 2.75) is 11.8 Å². The summed E-state index contributed by atoms with van der Waals surface area (Å²) in [7, 11) is 0. The molecule has 5 heteroatoms. The second-order valence-corrected chi connectivity index (χ2v) is 6.36. The maximum atomic E-state index is 6.54. The second kappa shape index (κ2) is 5.73. The molecule has 2 heterocycles. The van der Waals surface area contributed by atoms with Gasteiger partial charge in [-0.1, -0.05) is 15.9 Å². The Morgan fingerprint density at radius 3 is 2.63 bits per heavy atom. The van der Waals surface area contributed by atoms with Gasteiger partial charge in [0, 0.05) is 10.9 Å². The lowest BCUT2D eigenvalue weighted by atomic mass is 10.1. The molecule has 0 aliphatic carbocycles. The monoisotopic (exact) mass is 358 g/mol. The largest absolute Gasteiger partial charge is 0.490 e. The molecule has 1 aromatic carbocycles. The Balaban J connectivity index is 2.00. The summed E-state index contributed by atoms with van der Waals surface area (Å²) in [5.41, 5.74) is 2.10. The first-order valence-electron chi connectivity index (χ1n) is 6.01. The van der Waals surface area contributed by atoms with E-state index in [4.69, 9.17) is 21.1 Å². The molecule has 3 rings (SSSR count). The quantitative estimate of drug-likeness (QED) is 0.702. The summed E-state index contributed by atoms with van der Waals surface area (Å²) >= 11 is 11.8. The van der Waals surface area contributed by atoms with E-state index in [1.807, 2.05) is 23.6 Å². The SMILES string of the molecule is ClC(c1ccsc1)c1cc2c(cc1Br)OCCCO2. The van der Waals surface area contributed by atoms with E-state index in [2.05, 4.69) is 21.3 Å². The Kier molecular flexibility index (Phi) is 4.01. The third kappa shape index (κ3) is 2.76. The number of alkyl halides is 1. The Labute approximate surface area is 129 Å². The van der Waals surface area contributed by atoms with Gasteiger partial charge in [0.2, 0.25) is 0 Å². The molecule has 0 spiro atoms. The summed E-state index contributed by atoms with van der Waals surface area (Å²) in [5.74, 6) is 1.55. The van der Waals surface area contributed by atoms with Crippen LogP contribution in [0.15, 0.2) is 33.4 Å². The van der Waals surface area contributed by atoms with Crippen molar-refractivity contribution >= 4 is 38.9 Å². The van der Waals surface area contributed by atoms with Crippen LogP contribution in [0.25, 0.3) is 0 Å². The highest BCUT2D eigenvalue weighted by Gasteiger charge is 2.19. The van der Waals surface area contributed by atoms with Crippen molar-refractivity contribution < 1.29 is 9.47 Å². The number of benzene rings is 1. The zero-order chi connectivity index (χ0) is 13.2. The van der Waals surface area contributed by atoms with Crippen molar-refractivity contribution in [1.29, 1.82) is 0 Å².